The van der Waals surface area contributed by atoms with Gasteiger partial charge in [0.1, 0.15) is 5.15 Å². The monoisotopic (exact) mass is 378 g/mol. The molecule has 1 aromatic carbocycles. The van der Waals surface area contributed by atoms with E-state index < -0.39 is 0 Å². The SMILES string of the molecule is CCCCNc1nnc(SCc2cc3ccc(C)cc3nc2Cl)s1. The van der Waals surface area contributed by atoms with Crippen molar-refractivity contribution in [3.8, 4) is 0 Å². The van der Waals surface area contributed by atoms with Crippen LogP contribution >= 0.6 is 34.7 Å². The van der Waals surface area contributed by atoms with Gasteiger partial charge in [-0.2, -0.15) is 0 Å². The number of halogens is 1. The Morgan fingerprint density at radius 1 is 1.25 bits per heavy atom. The van der Waals surface area contributed by atoms with Crippen LogP contribution in [0.15, 0.2) is 28.6 Å². The molecule has 3 rings (SSSR count). The van der Waals surface area contributed by atoms with E-state index in [9.17, 15) is 0 Å². The molecule has 4 nitrogen and oxygen atoms in total. The van der Waals surface area contributed by atoms with Crippen LogP contribution in [0, 0.1) is 6.92 Å². The molecule has 0 spiro atoms. The number of unbranched alkanes of at least 4 members (excludes halogenated alkanes) is 1. The van der Waals surface area contributed by atoms with Crippen molar-refractivity contribution in [2.24, 2.45) is 0 Å². The van der Waals surface area contributed by atoms with E-state index >= 15 is 0 Å². The van der Waals surface area contributed by atoms with Crippen LogP contribution in [-0.2, 0) is 5.75 Å². The van der Waals surface area contributed by atoms with Crippen LogP contribution in [0.1, 0.15) is 30.9 Å². The Hall–Kier alpha value is -1.37. The van der Waals surface area contributed by atoms with Crippen molar-refractivity contribution < 1.29 is 0 Å². The van der Waals surface area contributed by atoms with Crippen molar-refractivity contribution in [1.82, 2.24) is 15.2 Å². The van der Waals surface area contributed by atoms with E-state index in [0.29, 0.717) is 5.15 Å². The number of benzene rings is 1. The highest BCUT2D eigenvalue weighted by molar-refractivity contribution is 8.00. The first-order chi connectivity index (χ1) is 11.7. The minimum atomic E-state index is 0.561. The lowest BCUT2D eigenvalue weighted by molar-refractivity contribution is 0.830. The predicted molar refractivity (Wildman–Crippen MR) is 104 cm³/mol. The zero-order chi connectivity index (χ0) is 16.9. The summed E-state index contributed by atoms with van der Waals surface area (Å²) in [5.41, 5.74) is 3.14. The molecular weight excluding hydrogens is 360 g/mol. The number of aromatic nitrogens is 3. The van der Waals surface area contributed by atoms with E-state index in [1.54, 1.807) is 23.1 Å². The van der Waals surface area contributed by atoms with E-state index in [0.717, 1.165) is 44.7 Å². The summed E-state index contributed by atoms with van der Waals surface area (Å²) < 4.78 is 0.939. The van der Waals surface area contributed by atoms with Gasteiger partial charge in [-0.25, -0.2) is 4.98 Å². The standard InChI is InChI=1S/C17H19ClN4S2/c1-3-4-7-19-16-21-22-17(24-16)23-10-13-9-12-6-5-11(2)8-14(12)20-15(13)18/h5-6,8-9H,3-4,7,10H2,1-2H3,(H,19,21). The molecule has 24 heavy (non-hydrogen) atoms. The number of hydrogen-bond donors (Lipinski definition) is 1. The summed E-state index contributed by atoms with van der Waals surface area (Å²) in [4.78, 5) is 4.51. The van der Waals surface area contributed by atoms with Crippen molar-refractivity contribution in [2.75, 3.05) is 11.9 Å². The third kappa shape index (κ3) is 4.37. The average Bonchev–Trinajstić information content (AvgIpc) is 3.01. The molecule has 0 amide bonds. The Kier molecular flexibility index (Phi) is 5.92. The zero-order valence-corrected chi connectivity index (χ0v) is 16.1. The summed E-state index contributed by atoms with van der Waals surface area (Å²) in [5.74, 6) is 0.735. The molecule has 7 heteroatoms. The first-order valence-electron chi connectivity index (χ1n) is 7.91. The van der Waals surface area contributed by atoms with E-state index in [1.165, 1.54) is 12.0 Å². The number of nitrogens with zero attached hydrogens (tertiary/aromatic N) is 3. The van der Waals surface area contributed by atoms with Crippen molar-refractivity contribution in [1.29, 1.82) is 0 Å². The molecule has 1 N–H and O–H groups in total. The molecule has 0 aliphatic carbocycles. The second-order valence-corrected chi connectivity index (χ2v) is 8.13. The van der Waals surface area contributed by atoms with Crippen molar-refractivity contribution in [3.05, 3.63) is 40.5 Å². The van der Waals surface area contributed by atoms with Gasteiger partial charge in [-0.05, 0) is 31.0 Å². The third-order valence-corrected chi connectivity index (χ3v) is 5.95. The third-order valence-electron chi connectivity index (χ3n) is 3.56. The molecule has 0 saturated carbocycles. The Balaban J connectivity index is 1.67. The van der Waals surface area contributed by atoms with Crippen molar-refractivity contribution in [2.45, 2.75) is 36.8 Å². The molecule has 0 aliphatic heterocycles. The summed E-state index contributed by atoms with van der Waals surface area (Å²) >= 11 is 9.56. The van der Waals surface area contributed by atoms with Crippen LogP contribution in [0.3, 0.4) is 0 Å². The van der Waals surface area contributed by atoms with Gasteiger partial charge in [0.2, 0.25) is 5.13 Å². The highest BCUT2D eigenvalue weighted by Gasteiger charge is 2.09. The topological polar surface area (TPSA) is 50.7 Å². The maximum absolute atomic E-state index is 6.34. The Morgan fingerprint density at radius 3 is 2.96 bits per heavy atom. The highest BCUT2D eigenvalue weighted by atomic mass is 35.5. The van der Waals surface area contributed by atoms with Gasteiger partial charge in [0.25, 0.3) is 0 Å². The van der Waals surface area contributed by atoms with Crippen molar-refractivity contribution in [3.63, 3.8) is 0 Å². The molecule has 0 radical (unpaired) electrons. The number of hydrogen-bond acceptors (Lipinski definition) is 6. The van der Waals surface area contributed by atoms with Crippen LogP contribution < -0.4 is 5.32 Å². The molecule has 0 saturated heterocycles. The van der Waals surface area contributed by atoms with Gasteiger partial charge in [-0.1, -0.05) is 60.2 Å². The fourth-order valence-corrected chi connectivity index (χ4v) is 4.29. The number of pyridine rings is 1. The minimum Gasteiger partial charge on any atom is -0.360 e. The number of rotatable bonds is 7. The van der Waals surface area contributed by atoms with E-state index in [2.05, 4.69) is 58.6 Å². The molecular formula is C17H19ClN4S2. The highest BCUT2D eigenvalue weighted by Crippen LogP contribution is 2.31. The van der Waals surface area contributed by atoms with Crippen LogP contribution in [0.2, 0.25) is 5.15 Å². The first-order valence-corrected chi connectivity index (χ1v) is 10.1. The number of aryl methyl sites for hydroxylation is 1. The maximum Gasteiger partial charge on any atom is 0.206 e. The predicted octanol–water partition coefficient (Wildman–Crippen LogP) is 5.55. The molecule has 0 atom stereocenters. The quantitative estimate of drug-likeness (QED) is 0.331. The van der Waals surface area contributed by atoms with Crippen LogP contribution in [-0.4, -0.2) is 21.7 Å². The second-order valence-electron chi connectivity index (χ2n) is 5.58. The largest absolute Gasteiger partial charge is 0.360 e. The summed E-state index contributed by atoms with van der Waals surface area (Å²) in [7, 11) is 0. The molecule has 0 fully saturated rings. The molecule has 126 valence electrons. The Morgan fingerprint density at radius 2 is 2.12 bits per heavy atom. The van der Waals surface area contributed by atoms with E-state index in [1.807, 2.05) is 0 Å². The molecule has 2 heterocycles. The smallest absolute Gasteiger partial charge is 0.206 e. The number of nitrogens with one attached hydrogen (secondary N) is 1. The minimum absolute atomic E-state index is 0.561. The van der Waals surface area contributed by atoms with Gasteiger partial charge in [0.15, 0.2) is 4.34 Å². The van der Waals surface area contributed by atoms with Gasteiger partial charge in [0, 0.05) is 23.2 Å². The lowest BCUT2D eigenvalue weighted by Crippen LogP contribution is -1.99. The molecule has 3 aromatic rings. The van der Waals surface area contributed by atoms with Crippen molar-refractivity contribution >= 4 is 50.7 Å². The Labute approximate surface area is 155 Å². The van der Waals surface area contributed by atoms with Gasteiger partial charge in [0.05, 0.1) is 5.52 Å². The molecule has 0 unspecified atom stereocenters. The Bertz CT molecular complexity index is 835. The maximum atomic E-state index is 6.34. The molecule has 0 aliphatic rings. The second kappa shape index (κ2) is 8.14. The van der Waals surface area contributed by atoms with Crippen LogP contribution in [0.5, 0.6) is 0 Å². The fourth-order valence-electron chi connectivity index (χ4n) is 2.25. The zero-order valence-electron chi connectivity index (χ0n) is 13.7. The number of anilines is 1. The van der Waals surface area contributed by atoms with Gasteiger partial charge >= 0.3 is 0 Å². The van der Waals surface area contributed by atoms with E-state index in [-0.39, 0.29) is 0 Å². The summed E-state index contributed by atoms with van der Waals surface area (Å²) in [6.07, 6.45) is 2.31. The number of fused-ring (bicyclic) bond motifs is 1. The lowest BCUT2D eigenvalue weighted by Gasteiger charge is -2.05. The van der Waals surface area contributed by atoms with Gasteiger partial charge in [-0.3, -0.25) is 0 Å². The lowest BCUT2D eigenvalue weighted by atomic mass is 10.1. The summed E-state index contributed by atoms with van der Waals surface area (Å²) in [6.45, 7) is 5.17. The molecule has 2 aromatic heterocycles. The van der Waals surface area contributed by atoms with Crippen LogP contribution in [0.25, 0.3) is 10.9 Å². The normalized spacial score (nSPS) is 11.1. The van der Waals surface area contributed by atoms with E-state index in [4.69, 9.17) is 11.6 Å². The average molecular weight is 379 g/mol. The first kappa shape index (κ1) is 17.5. The van der Waals surface area contributed by atoms with Gasteiger partial charge in [-0.15, -0.1) is 10.2 Å². The van der Waals surface area contributed by atoms with Gasteiger partial charge < -0.3 is 5.32 Å². The summed E-state index contributed by atoms with van der Waals surface area (Å²) in [5, 5.41) is 14.2. The fraction of sp³-hybridized carbons (Fsp3) is 0.353. The number of thioether (sulfide) groups is 1. The van der Waals surface area contributed by atoms with Crippen LogP contribution in [0.4, 0.5) is 5.13 Å². The molecule has 0 bridgehead atoms. The summed E-state index contributed by atoms with van der Waals surface area (Å²) in [6, 6.07) is 8.34.